The predicted molar refractivity (Wildman–Crippen MR) is 71.8 cm³/mol. The Morgan fingerprint density at radius 2 is 2.37 bits per heavy atom. The quantitative estimate of drug-likeness (QED) is 0.839. The van der Waals surface area contributed by atoms with Gasteiger partial charge in [0.05, 0.1) is 18.5 Å². The maximum atomic E-state index is 11.8. The summed E-state index contributed by atoms with van der Waals surface area (Å²) in [6.45, 7) is 5.46. The van der Waals surface area contributed by atoms with E-state index in [4.69, 9.17) is 4.74 Å². The lowest BCUT2D eigenvalue weighted by Crippen LogP contribution is -2.49. The molecule has 0 spiro atoms. The Morgan fingerprint density at radius 1 is 1.53 bits per heavy atom. The molecule has 6 heteroatoms. The van der Waals surface area contributed by atoms with E-state index < -0.39 is 0 Å². The first-order chi connectivity index (χ1) is 9.15. The second-order valence-corrected chi connectivity index (χ2v) is 5.12. The van der Waals surface area contributed by atoms with Crippen LogP contribution in [0.4, 0.5) is 4.79 Å². The topological polar surface area (TPSA) is 68.2 Å². The lowest BCUT2D eigenvalue weighted by molar-refractivity contribution is 0.0858. The summed E-state index contributed by atoms with van der Waals surface area (Å²) >= 11 is 0. The molecule has 19 heavy (non-hydrogen) atoms. The van der Waals surface area contributed by atoms with Crippen LogP contribution in [0.25, 0.3) is 0 Å². The summed E-state index contributed by atoms with van der Waals surface area (Å²) < 4.78 is 7.49. The molecule has 1 aromatic rings. The zero-order chi connectivity index (χ0) is 13.7. The largest absolute Gasteiger partial charge is 0.376 e. The summed E-state index contributed by atoms with van der Waals surface area (Å²) in [5.74, 6) is 0. The number of rotatable bonds is 5. The second kappa shape index (κ2) is 6.56. The lowest BCUT2D eigenvalue weighted by Gasteiger charge is -2.22. The van der Waals surface area contributed by atoms with E-state index >= 15 is 0 Å². The zero-order valence-electron chi connectivity index (χ0n) is 11.5. The molecule has 1 aliphatic heterocycles. The van der Waals surface area contributed by atoms with Crippen molar-refractivity contribution in [3.8, 4) is 0 Å². The van der Waals surface area contributed by atoms with Crippen molar-refractivity contribution in [2.24, 2.45) is 0 Å². The molecule has 2 amide bonds. The molecule has 2 heterocycles. The molecule has 1 aromatic heterocycles. The molecule has 1 saturated heterocycles. The third kappa shape index (κ3) is 4.24. The van der Waals surface area contributed by atoms with Gasteiger partial charge in [0, 0.05) is 31.6 Å². The molecular formula is C13H22N4O2. The highest BCUT2D eigenvalue weighted by molar-refractivity contribution is 5.74. The van der Waals surface area contributed by atoms with Gasteiger partial charge in [-0.05, 0) is 26.7 Å². The van der Waals surface area contributed by atoms with Crippen molar-refractivity contribution in [1.29, 1.82) is 0 Å². The molecule has 3 atom stereocenters. The van der Waals surface area contributed by atoms with Gasteiger partial charge < -0.3 is 19.9 Å². The minimum Gasteiger partial charge on any atom is -0.376 e. The fraction of sp³-hybridized carbons (Fsp3) is 0.692. The van der Waals surface area contributed by atoms with Crippen molar-refractivity contribution < 1.29 is 9.53 Å². The lowest BCUT2D eigenvalue weighted by atomic mass is 10.1. The van der Waals surface area contributed by atoms with Gasteiger partial charge in [-0.2, -0.15) is 0 Å². The van der Waals surface area contributed by atoms with Crippen LogP contribution in [0.2, 0.25) is 0 Å². The van der Waals surface area contributed by atoms with Crippen LogP contribution in [0.1, 0.15) is 26.7 Å². The number of carbonyl (C=O) groups excluding carboxylic acids is 1. The third-order valence-electron chi connectivity index (χ3n) is 3.30. The third-order valence-corrected chi connectivity index (χ3v) is 3.30. The molecular weight excluding hydrogens is 244 g/mol. The first kappa shape index (κ1) is 13.9. The van der Waals surface area contributed by atoms with Gasteiger partial charge in [-0.1, -0.05) is 0 Å². The molecule has 1 aliphatic rings. The van der Waals surface area contributed by atoms with E-state index in [9.17, 15) is 4.79 Å². The van der Waals surface area contributed by atoms with E-state index in [-0.39, 0.29) is 24.2 Å². The number of imidazole rings is 1. The van der Waals surface area contributed by atoms with Crippen molar-refractivity contribution in [2.45, 2.75) is 51.4 Å². The molecule has 2 N–H and O–H groups in total. The minimum absolute atomic E-state index is 0.0444. The SMILES string of the molecule is C[C@H](Cn1ccnc1)NC(=O)N[C@H](C)[C@@H]1CCCO1. The van der Waals surface area contributed by atoms with Crippen LogP contribution >= 0.6 is 0 Å². The average molecular weight is 266 g/mol. The minimum atomic E-state index is -0.143. The van der Waals surface area contributed by atoms with Crippen LogP contribution in [0.3, 0.4) is 0 Å². The van der Waals surface area contributed by atoms with Crippen molar-refractivity contribution in [3.05, 3.63) is 18.7 Å². The van der Waals surface area contributed by atoms with Gasteiger partial charge in [0.25, 0.3) is 0 Å². The van der Waals surface area contributed by atoms with E-state index in [0.717, 1.165) is 19.4 Å². The predicted octanol–water partition coefficient (Wildman–Crippen LogP) is 1.14. The maximum Gasteiger partial charge on any atom is 0.315 e. The second-order valence-electron chi connectivity index (χ2n) is 5.12. The summed E-state index contributed by atoms with van der Waals surface area (Å²) in [4.78, 5) is 15.8. The Kier molecular flexibility index (Phi) is 4.79. The molecule has 0 unspecified atom stereocenters. The number of nitrogens with zero attached hydrogens (tertiary/aromatic N) is 2. The summed E-state index contributed by atoms with van der Waals surface area (Å²) in [5, 5.41) is 5.85. The fourth-order valence-corrected chi connectivity index (χ4v) is 2.32. The summed E-state index contributed by atoms with van der Waals surface area (Å²) in [5.41, 5.74) is 0. The van der Waals surface area contributed by atoms with Gasteiger partial charge in [-0.15, -0.1) is 0 Å². The fourth-order valence-electron chi connectivity index (χ4n) is 2.32. The normalized spacial score (nSPS) is 21.9. The average Bonchev–Trinajstić information content (AvgIpc) is 3.00. The summed E-state index contributed by atoms with van der Waals surface area (Å²) in [6.07, 6.45) is 7.60. The van der Waals surface area contributed by atoms with Crippen molar-refractivity contribution >= 4 is 6.03 Å². The highest BCUT2D eigenvalue weighted by Crippen LogP contribution is 2.15. The molecule has 1 fully saturated rings. The molecule has 6 nitrogen and oxygen atoms in total. The molecule has 2 rings (SSSR count). The molecule has 106 valence electrons. The van der Waals surface area contributed by atoms with Gasteiger partial charge in [-0.3, -0.25) is 0 Å². The van der Waals surface area contributed by atoms with Crippen molar-refractivity contribution in [3.63, 3.8) is 0 Å². The standard InChI is InChI=1S/C13H22N4O2/c1-10(8-17-6-5-14-9-17)15-13(18)16-11(2)12-4-3-7-19-12/h5-6,9-12H,3-4,7-8H2,1-2H3,(H2,15,16,18)/t10-,11-,12+/m1/s1. The van der Waals surface area contributed by atoms with Gasteiger partial charge >= 0.3 is 6.03 Å². The number of ether oxygens (including phenoxy) is 1. The van der Waals surface area contributed by atoms with E-state index in [2.05, 4.69) is 15.6 Å². The first-order valence-electron chi connectivity index (χ1n) is 6.79. The van der Waals surface area contributed by atoms with Gasteiger partial charge in [0.15, 0.2) is 0 Å². The Morgan fingerprint density at radius 3 is 3.00 bits per heavy atom. The van der Waals surface area contributed by atoms with E-state index in [1.165, 1.54) is 0 Å². The number of amides is 2. The van der Waals surface area contributed by atoms with Crippen molar-refractivity contribution in [2.75, 3.05) is 6.61 Å². The smallest absolute Gasteiger partial charge is 0.315 e. The van der Waals surface area contributed by atoms with Crippen molar-refractivity contribution in [1.82, 2.24) is 20.2 Å². The molecule has 0 aromatic carbocycles. The number of hydrogen-bond acceptors (Lipinski definition) is 3. The number of aromatic nitrogens is 2. The van der Waals surface area contributed by atoms with Gasteiger partial charge in [-0.25, -0.2) is 9.78 Å². The number of nitrogens with one attached hydrogen (secondary N) is 2. The van der Waals surface area contributed by atoms with Crippen LogP contribution in [0.5, 0.6) is 0 Å². The van der Waals surface area contributed by atoms with E-state index in [1.54, 1.807) is 12.5 Å². The van der Waals surface area contributed by atoms with Crippen LogP contribution < -0.4 is 10.6 Å². The summed E-state index contributed by atoms with van der Waals surface area (Å²) in [7, 11) is 0. The first-order valence-corrected chi connectivity index (χ1v) is 6.79. The van der Waals surface area contributed by atoms with Gasteiger partial charge in [0.2, 0.25) is 0 Å². The Balaban J connectivity index is 1.71. The molecule has 0 aliphatic carbocycles. The molecule has 0 radical (unpaired) electrons. The Bertz CT molecular complexity index is 387. The number of carbonyl (C=O) groups is 1. The number of hydrogen-bond donors (Lipinski definition) is 2. The molecule has 0 bridgehead atoms. The van der Waals surface area contributed by atoms with Crippen LogP contribution in [0, 0.1) is 0 Å². The van der Waals surface area contributed by atoms with E-state index in [1.807, 2.05) is 24.6 Å². The van der Waals surface area contributed by atoms with Crippen LogP contribution in [0.15, 0.2) is 18.7 Å². The Labute approximate surface area is 113 Å². The summed E-state index contributed by atoms with van der Waals surface area (Å²) in [6, 6.07) is -0.0514. The molecule has 0 saturated carbocycles. The van der Waals surface area contributed by atoms with E-state index in [0.29, 0.717) is 6.54 Å². The maximum absolute atomic E-state index is 11.8. The van der Waals surface area contributed by atoms with Gasteiger partial charge in [0.1, 0.15) is 0 Å². The van der Waals surface area contributed by atoms with Crippen LogP contribution in [-0.2, 0) is 11.3 Å². The highest BCUT2D eigenvalue weighted by Gasteiger charge is 2.23. The highest BCUT2D eigenvalue weighted by atomic mass is 16.5. The Hall–Kier alpha value is -1.56. The monoisotopic (exact) mass is 266 g/mol. The van der Waals surface area contributed by atoms with Crippen LogP contribution in [-0.4, -0.2) is 40.4 Å². The zero-order valence-corrected chi connectivity index (χ0v) is 11.5. The number of urea groups is 1.